The first-order valence-electron chi connectivity index (χ1n) is 9.56. The number of hydrogen-bond acceptors (Lipinski definition) is 3. The molecule has 4 heteroatoms. The summed E-state index contributed by atoms with van der Waals surface area (Å²) >= 11 is 0. The Morgan fingerprint density at radius 3 is 2.42 bits per heavy atom. The molecule has 0 amide bonds. The molecule has 0 unspecified atom stereocenters. The summed E-state index contributed by atoms with van der Waals surface area (Å²) in [5, 5.41) is 21.5. The molecule has 2 N–H and O–H groups in total. The molecule has 24 heavy (non-hydrogen) atoms. The SMILES string of the molecule is CC(C)[C@]1(O)CCC(=O)[C@H]2CC[C@@H]3[C@](C)(CCC[C@]3(C)C(=O)O)[C@H]21. The van der Waals surface area contributed by atoms with Crippen LogP contribution < -0.4 is 0 Å². The van der Waals surface area contributed by atoms with Crippen LogP contribution in [0.15, 0.2) is 0 Å². The highest BCUT2D eigenvalue weighted by Crippen LogP contribution is 2.66. The van der Waals surface area contributed by atoms with Gasteiger partial charge in [0.15, 0.2) is 0 Å². The summed E-state index contributed by atoms with van der Waals surface area (Å²) < 4.78 is 0. The third kappa shape index (κ3) is 2.21. The number of carboxylic acid groups (broad SMARTS) is 1. The Balaban J connectivity index is 2.10. The Hall–Kier alpha value is -0.900. The molecule has 0 bridgehead atoms. The summed E-state index contributed by atoms with van der Waals surface area (Å²) in [4.78, 5) is 24.7. The zero-order chi connectivity index (χ0) is 17.9. The van der Waals surface area contributed by atoms with Gasteiger partial charge in [-0.1, -0.05) is 27.2 Å². The van der Waals surface area contributed by atoms with Crippen LogP contribution in [0.5, 0.6) is 0 Å². The average molecular weight is 336 g/mol. The van der Waals surface area contributed by atoms with E-state index in [0.717, 1.165) is 25.7 Å². The number of fused-ring (bicyclic) bond motifs is 3. The molecular weight excluding hydrogens is 304 g/mol. The first-order valence-corrected chi connectivity index (χ1v) is 9.56. The maximum atomic E-state index is 12.6. The smallest absolute Gasteiger partial charge is 0.309 e. The van der Waals surface area contributed by atoms with E-state index >= 15 is 0 Å². The molecule has 4 nitrogen and oxygen atoms in total. The van der Waals surface area contributed by atoms with Crippen molar-refractivity contribution >= 4 is 11.8 Å². The van der Waals surface area contributed by atoms with Gasteiger partial charge in [-0.3, -0.25) is 9.59 Å². The summed E-state index contributed by atoms with van der Waals surface area (Å²) in [5.41, 5.74) is -1.87. The molecule has 0 aromatic carbocycles. The molecule has 6 atom stereocenters. The zero-order valence-electron chi connectivity index (χ0n) is 15.5. The number of rotatable bonds is 2. The van der Waals surface area contributed by atoms with Gasteiger partial charge in [0.1, 0.15) is 5.78 Å². The Bertz CT molecular complexity index is 556. The second kappa shape index (κ2) is 5.55. The van der Waals surface area contributed by atoms with Crippen molar-refractivity contribution < 1.29 is 19.8 Å². The van der Waals surface area contributed by atoms with Crippen LogP contribution in [0, 0.1) is 34.5 Å². The fourth-order valence-electron chi connectivity index (χ4n) is 6.74. The highest BCUT2D eigenvalue weighted by atomic mass is 16.4. The fourth-order valence-corrected chi connectivity index (χ4v) is 6.74. The van der Waals surface area contributed by atoms with Crippen molar-refractivity contribution in [2.75, 3.05) is 0 Å². The lowest BCUT2D eigenvalue weighted by Crippen LogP contribution is -2.65. The summed E-state index contributed by atoms with van der Waals surface area (Å²) in [6.45, 7) is 8.13. The summed E-state index contributed by atoms with van der Waals surface area (Å²) in [7, 11) is 0. The standard InChI is InChI=1S/C20H32O4/c1-12(2)20(24)11-8-14(21)13-6-7-15-18(3,16(13)20)9-5-10-19(15,4)17(22)23/h12-13,15-16,24H,5-11H2,1-4H3,(H,22,23)/t13-,15-,16+,18+,19+,20-/m1/s1. The van der Waals surface area contributed by atoms with Gasteiger partial charge in [0.2, 0.25) is 0 Å². The Labute approximate surface area is 145 Å². The van der Waals surface area contributed by atoms with Crippen LogP contribution in [0.2, 0.25) is 0 Å². The maximum absolute atomic E-state index is 12.6. The molecule has 0 aliphatic heterocycles. The molecule has 3 fully saturated rings. The quantitative estimate of drug-likeness (QED) is 0.807. The average Bonchev–Trinajstić information content (AvgIpc) is 2.50. The van der Waals surface area contributed by atoms with E-state index in [2.05, 4.69) is 6.92 Å². The van der Waals surface area contributed by atoms with Gasteiger partial charge in [0.25, 0.3) is 0 Å². The lowest BCUT2D eigenvalue weighted by molar-refractivity contribution is -0.215. The van der Waals surface area contributed by atoms with Crippen LogP contribution in [-0.2, 0) is 9.59 Å². The van der Waals surface area contributed by atoms with Gasteiger partial charge in [-0.05, 0) is 56.3 Å². The molecule has 3 saturated carbocycles. The van der Waals surface area contributed by atoms with E-state index in [0.29, 0.717) is 19.3 Å². The molecule has 3 aliphatic rings. The van der Waals surface area contributed by atoms with Crippen molar-refractivity contribution in [3.8, 4) is 0 Å². The molecule has 3 aliphatic carbocycles. The van der Waals surface area contributed by atoms with Gasteiger partial charge in [-0.15, -0.1) is 0 Å². The van der Waals surface area contributed by atoms with E-state index in [-0.39, 0.29) is 34.9 Å². The van der Waals surface area contributed by atoms with E-state index in [9.17, 15) is 19.8 Å². The van der Waals surface area contributed by atoms with Crippen LogP contribution >= 0.6 is 0 Å². The maximum Gasteiger partial charge on any atom is 0.309 e. The van der Waals surface area contributed by atoms with Crippen molar-refractivity contribution in [2.45, 2.75) is 78.2 Å². The molecule has 0 spiro atoms. The lowest BCUT2D eigenvalue weighted by atomic mass is 9.41. The van der Waals surface area contributed by atoms with Gasteiger partial charge in [0.05, 0.1) is 11.0 Å². The minimum Gasteiger partial charge on any atom is -0.481 e. The zero-order valence-corrected chi connectivity index (χ0v) is 15.5. The van der Waals surface area contributed by atoms with Crippen LogP contribution in [0.1, 0.15) is 72.6 Å². The number of carbonyl (C=O) groups is 2. The number of Topliss-reactive ketones (excluding diaryl/α,β-unsaturated/α-hetero) is 1. The lowest BCUT2D eigenvalue weighted by Gasteiger charge is -2.64. The third-order valence-corrected chi connectivity index (χ3v) is 8.07. The van der Waals surface area contributed by atoms with E-state index in [4.69, 9.17) is 0 Å². The van der Waals surface area contributed by atoms with Gasteiger partial charge >= 0.3 is 5.97 Å². The van der Waals surface area contributed by atoms with Crippen molar-refractivity contribution in [2.24, 2.45) is 34.5 Å². The first-order chi connectivity index (χ1) is 11.1. The highest BCUT2D eigenvalue weighted by Gasteiger charge is 2.65. The van der Waals surface area contributed by atoms with Crippen molar-refractivity contribution in [1.82, 2.24) is 0 Å². The molecular formula is C20H32O4. The van der Waals surface area contributed by atoms with Crippen molar-refractivity contribution in [3.63, 3.8) is 0 Å². The van der Waals surface area contributed by atoms with E-state index in [1.54, 1.807) is 0 Å². The van der Waals surface area contributed by atoms with Crippen LogP contribution in [0.25, 0.3) is 0 Å². The number of hydrogen-bond donors (Lipinski definition) is 2. The molecule has 0 saturated heterocycles. The fraction of sp³-hybridized carbons (Fsp3) is 0.900. The predicted octanol–water partition coefficient (Wildman–Crippen LogP) is 3.66. The van der Waals surface area contributed by atoms with Crippen LogP contribution in [-0.4, -0.2) is 27.6 Å². The van der Waals surface area contributed by atoms with Gasteiger partial charge in [0, 0.05) is 18.3 Å². The Morgan fingerprint density at radius 2 is 1.83 bits per heavy atom. The second-order valence-electron chi connectivity index (χ2n) is 9.41. The largest absolute Gasteiger partial charge is 0.481 e. The number of carbonyl (C=O) groups excluding carboxylic acids is 1. The number of aliphatic carboxylic acids is 1. The van der Waals surface area contributed by atoms with Gasteiger partial charge in [-0.2, -0.15) is 0 Å². The van der Waals surface area contributed by atoms with Crippen LogP contribution in [0.3, 0.4) is 0 Å². The number of aliphatic hydroxyl groups is 1. The summed E-state index contributed by atoms with van der Waals surface area (Å²) in [6, 6.07) is 0. The molecule has 0 aromatic rings. The summed E-state index contributed by atoms with van der Waals surface area (Å²) in [5.74, 6) is -0.521. The van der Waals surface area contributed by atoms with Gasteiger partial charge in [-0.25, -0.2) is 0 Å². The van der Waals surface area contributed by atoms with E-state index in [1.165, 1.54) is 0 Å². The van der Waals surface area contributed by atoms with Crippen molar-refractivity contribution in [1.29, 1.82) is 0 Å². The number of ketones is 1. The normalized spacial score (nSPS) is 48.8. The van der Waals surface area contributed by atoms with Gasteiger partial charge < -0.3 is 10.2 Å². The van der Waals surface area contributed by atoms with E-state index < -0.39 is 17.0 Å². The third-order valence-electron chi connectivity index (χ3n) is 8.07. The molecule has 3 rings (SSSR count). The number of carboxylic acids is 1. The monoisotopic (exact) mass is 336 g/mol. The minimum atomic E-state index is -0.858. The van der Waals surface area contributed by atoms with Crippen molar-refractivity contribution in [3.05, 3.63) is 0 Å². The molecule has 0 heterocycles. The van der Waals surface area contributed by atoms with E-state index in [1.807, 2.05) is 20.8 Å². The minimum absolute atomic E-state index is 0.0358. The van der Waals surface area contributed by atoms with Crippen LogP contribution in [0.4, 0.5) is 0 Å². The topological polar surface area (TPSA) is 74.6 Å². The molecule has 136 valence electrons. The summed E-state index contributed by atoms with van der Waals surface area (Å²) in [6.07, 6.45) is 5.00. The molecule has 0 aromatic heterocycles. The Kier molecular flexibility index (Phi) is 4.14. The Morgan fingerprint density at radius 1 is 1.17 bits per heavy atom. The first kappa shape index (κ1) is 17.9. The highest BCUT2D eigenvalue weighted by molar-refractivity contribution is 5.83. The molecule has 0 radical (unpaired) electrons. The predicted molar refractivity (Wildman–Crippen MR) is 91.4 cm³/mol. The second-order valence-corrected chi connectivity index (χ2v) is 9.41.